The van der Waals surface area contributed by atoms with Crippen LogP contribution in [0.25, 0.3) is 0 Å². The van der Waals surface area contributed by atoms with Gasteiger partial charge in [-0.05, 0) is 25.3 Å². The van der Waals surface area contributed by atoms with Crippen molar-refractivity contribution in [2.45, 2.75) is 19.3 Å². The predicted octanol–water partition coefficient (Wildman–Crippen LogP) is 1.40. The number of piperidine rings is 1. The fraction of sp³-hybridized carbons (Fsp3) is 0.500. The van der Waals surface area contributed by atoms with Crippen molar-refractivity contribution < 1.29 is 9.91 Å². The van der Waals surface area contributed by atoms with Crippen molar-refractivity contribution in [3.8, 4) is 0 Å². The van der Waals surface area contributed by atoms with Gasteiger partial charge in [-0.1, -0.05) is 0 Å². The first-order chi connectivity index (χ1) is 7.29. The maximum Gasteiger partial charge on any atom is 0.357 e. The molecular formula is C10H14N3O2+. The first-order valence-electron chi connectivity index (χ1n) is 5.19. The minimum absolute atomic E-state index is 0.166. The molecule has 0 saturated carbocycles. The number of aromatic nitrogens is 1. The van der Waals surface area contributed by atoms with E-state index in [1.165, 1.54) is 6.42 Å². The van der Waals surface area contributed by atoms with Gasteiger partial charge in [-0.3, -0.25) is 15.0 Å². The summed E-state index contributed by atoms with van der Waals surface area (Å²) in [6.45, 7) is 1.81. The maximum atomic E-state index is 10.8. The van der Waals surface area contributed by atoms with Crippen LogP contribution in [-0.4, -0.2) is 18.0 Å². The number of pyridine rings is 1. The summed E-state index contributed by atoms with van der Waals surface area (Å²) in [5.74, 6) is 0.641. The molecule has 1 fully saturated rings. The van der Waals surface area contributed by atoms with E-state index in [9.17, 15) is 10.1 Å². The van der Waals surface area contributed by atoms with Crippen LogP contribution in [0.3, 0.4) is 0 Å². The second kappa shape index (κ2) is 4.25. The lowest BCUT2D eigenvalue weighted by molar-refractivity contribution is -0.411. The van der Waals surface area contributed by atoms with E-state index in [0.717, 1.165) is 25.9 Å². The van der Waals surface area contributed by atoms with E-state index in [-0.39, 0.29) is 10.6 Å². The standard InChI is InChI=1S/C10H13N3O2/c14-13(15)9-5-4-6-11-10(9)12-7-2-1-3-8-12/h4-6H,1-3,7-8H2/p+1. The highest BCUT2D eigenvalue weighted by Crippen LogP contribution is 2.24. The molecule has 1 aromatic heterocycles. The average Bonchev–Trinajstić information content (AvgIpc) is 2.30. The van der Waals surface area contributed by atoms with Gasteiger partial charge in [0.15, 0.2) is 0 Å². The highest BCUT2D eigenvalue weighted by Gasteiger charge is 2.28. The summed E-state index contributed by atoms with van der Waals surface area (Å²) in [4.78, 5) is 15.5. The molecule has 1 aromatic rings. The Balaban J connectivity index is 2.29. The molecule has 1 aliphatic rings. The molecule has 5 heteroatoms. The Morgan fingerprint density at radius 1 is 1.33 bits per heavy atom. The Hall–Kier alpha value is -1.65. The number of aromatic amines is 1. The van der Waals surface area contributed by atoms with Crippen molar-refractivity contribution in [3.63, 3.8) is 0 Å². The minimum Gasteiger partial charge on any atom is -0.258 e. The van der Waals surface area contributed by atoms with E-state index in [0.29, 0.717) is 5.82 Å². The number of nitrogens with zero attached hydrogens (tertiary/aromatic N) is 2. The van der Waals surface area contributed by atoms with Crippen LogP contribution in [0.1, 0.15) is 19.3 Å². The van der Waals surface area contributed by atoms with Gasteiger partial charge >= 0.3 is 11.5 Å². The summed E-state index contributed by atoms with van der Waals surface area (Å²) in [5, 5.41) is 10.8. The molecular weight excluding hydrogens is 194 g/mol. The van der Waals surface area contributed by atoms with Gasteiger partial charge in [0.2, 0.25) is 0 Å². The molecule has 1 N–H and O–H groups in total. The monoisotopic (exact) mass is 208 g/mol. The van der Waals surface area contributed by atoms with E-state index in [1.807, 2.05) is 0 Å². The molecule has 0 atom stereocenters. The summed E-state index contributed by atoms with van der Waals surface area (Å²) in [5.41, 5.74) is 0.166. The van der Waals surface area contributed by atoms with Crippen molar-refractivity contribution in [2.24, 2.45) is 0 Å². The minimum atomic E-state index is -0.333. The number of H-pyrrole nitrogens is 1. The number of rotatable bonds is 2. The zero-order valence-corrected chi connectivity index (χ0v) is 8.48. The largest absolute Gasteiger partial charge is 0.357 e. The molecule has 2 heterocycles. The maximum absolute atomic E-state index is 10.8. The van der Waals surface area contributed by atoms with E-state index in [2.05, 4.69) is 9.88 Å². The Labute approximate surface area is 87.9 Å². The van der Waals surface area contributed by atoms with Gasteiger partial charge in [-0.2, -0.15) is 0 Å². The third-order valence-electron chi connectivity index (χ3n) is 2.68. The van der Waals surface area contributed by atoms with E-state index >= 15 is 0 Å². The zero-order chi connectivity index (χ0) is 10.7. The molecule has 80 valence electrons. The lowest BCUT2D eigenvalue weighted by atomic mass is 10.1. The summed E-state index contributed by atoms with van der Waals surface area (Å²) in [6, 6.07) is 3.20. The molecule has 2 rings (SSSR count). The normalized spacial score (nSPS) is 16.4. The fourth-order valence-corrected chi connectivity index (χ4v) is 1.94. The van der Waals surface area contributed by atoms with E-state index in [1.54, 1.807) is 18.3 Å². The predicted molar refractivity (Wildman–Crippen MR) is 55.7 cm³/mol. The van der Waals surface area contributed by atoms with Crippen LogP contribution in [0.4, 0.5) is 11.5 Å². The van der Waals surface area contributed by atoms with Gasteiger partial charge in [-0.15, -0.1) is 0 Å². The van der Waals surface area contributed by atoms with E-state index < -0.39 is 0 Å². The first kappa shape index (κ1) is 9.89. The number of nitro groups is 1. The Morgan fingerprint density at radius 3 is 2.73 bits per heavy atom. The average molecular weight is 208 g/mol. The molecule has 15 heavy (non-hydrogen) atoms. The highest BCUT2D eigenvalue weighted by atomic mass is 16.6. The molecule has 1 saturated heterocycles. The molecule has 5 nitrogen and oxygen atoms in total. The van der Waals surface area contributed by atoms with Crippen molar-refractivity contribution in [2.75, 3.05) is 18.0 Å². The Kier molecular flexibility index (Phi) is 2.80. The molecule has 0 spiro atoms. The van der Waals surface area contributed by atoms with Gasteiger partial charge in [-0.25, -0.2) is 4.98 Å². The Morgan fingerprint density at radius 2 is 2.07 bits per heavy atom. The van der Waals surface area contributed by atoms with Crippen molar-refractivity contribution in [1.29, 1.82) is 0 Å². The van der Waals surface area contributed by atoms with Crippen LogP contribution in [-0.2, 0) is 0 Å². The molecule has 0 radical (unpaired) electrons. The zero-order valence-electron chi connectivity index (χ0n) is 8.48. The third-order valence-corrected chi connectivity index (χ3v) is 2.68. The topological polar surface area (TPSA) is 60.5 Å². The number of nitrogens with one attached hydrogen (secondary N) is 1. The summed E-state index contributed by atoms with van der Waals surface area (Å²) >= 11 is 0. The summed E-state index contributed by atoms with van der Waals surface area (Å²) in [7, 11) is 0. The summed E-state index contributed by atoms with van der Waals surface area (Å²) in [6.07, 6.45) is 5.17. The van der Waals surface area contributed by atoms with Gasteiger partial charge in [0, 0.05) is 6.07 Å². The van der Waals surface area contributed by atoms with Gasteiger partial charge in [0.25, 0.3) is 0 Å². The fourth-order valence-electron chi connectivity index (χ4n) is 1.94. The van der Waals surface area contributed by atoms with Crippen LogP contribution in [0.15, 0.2) is 18.3 Å². The smallest absolute Gasteiger partial charge is 0.258 e. The molecule has 1 aliphatic heterocycles. The lowest BCUT2D eigenvalue weighted by Gasteiger charge is -2.20. The number of hydrogen-bond acceptors (Lipinski definition) is 3. The van der Waals surface area contributed by atoms with Gasteiger partial charge in [0.1, 0.15) is 0 Å². The second-order valence-corrected chi connectivity index (χ2v) is 3.71. The molecule has 0 aromatic carbocycles. The van der Waals surface area contributed by atoms with Crippen molar-refractivity contribution in [1.82, 2.24) is 0 Å². The van der Waals surface area contributed by atoms with Crippen molar-refractivity contribution >= 4 is 11.5 Å². The van der Waals surface area contributed by atoms with Crippen LogP contribution in [0.5, 0.6) is 0 Å². The second-order valence-electron chi connectivity index (χ2n) is 3.71. The van der Waals surface area contributed by atoms with Crippen LogP contribution in [0, 0.1) is 10.1 Å². The van der Waals surface area contributed by atoms with Crippen LogP contribution < -0.4 is 9.88 Å². The number of anilines is 1. The highest BCUT2D eigenvalue weighted by molar-refractivity contribution is 5.53. The van der Waals surface area contributed by atoms with Crippen molar-refractivity contribution in [3.05, 3.63) is 28.4 Å². The SMILES string of the molecule is O=[N+]([O-])c1ccc[nH+]c1N1CCCCC1. The van der Waals surface area contributed by atoms with Crippen LogP contribution in [0.2, 0.25) is 0 Å². The van der Waals surface area contributed by atoms with Gasteiger partial charge < -0.3 is 0 Å². The van der Waals surface area contributed by atoms with Crippen LogP contribution >= 0.6 is 0 Å². The van der Waals surface area contributed by atoms with Gasteiger partial charge in [0.05, 0.1) is 24.2 Å². The Bertz CT molecular complexity index is 361. The third kappa shape index (κ3) is 2.06. The molecule has 0 unspecified atom stereocenters. The lowest BCUT2D eigenvalue weighted by Crippen LogP contribution is -2.34. The first-order valence-corrected chi connectivity index (χ1v) is 5.19. The molecule has 0 amide bonds. The van der Waals surface area contributed by atoms with E-state index in [4.69, 9.17) is 0 Å². The quantitative estimate of drug-likeness (QED) is 0.545. The molecule has 0 bridgehead atoms. The summed E-state index contributed by atoms with van der Waals surface area (Å²) < 4.78 is 0. The number of hydrogen-bond donors (Lipinski definition) is 0. The molecule has 0 aliphatic carbocycles.